The van der Waals surface area contributed by atoms with Crippen LogP contribution in [0, 0.1) is 5.92 Å². The van der Waals surface area contributed by atoms with Crippen molar-refractivity contribution in [3.63, 3.8) is 0 Å². The number of hydrogen-bond acceptors (Lipinski definition) is 8. The summed E-state index contributed by atoms with van der Waals surface area (Å²) in [4.78, 5) is 17.4. The van der Waals surface area contributed by atoms with Crippen molar-refractivity contribution in [3.8, 4) is 11.8 Å². The zero-order valence-corrected chi connectivity index (χ0v) is 24.7. The van der Waals surface area contributed by atoms with E-state index in [4.69, 9.17) is 14.7 Å². The molecule has 1 aliphatic carbocycles. The topological polar surface area (TPSA) is 77.0 Å². The standard InChI is InChI=1S/C34H41FN6O2/c35-23-15-34(14-22-5-3-7-30(22)41(34)16-23)20-43-33-37-29-19-39(31-13-26(42)12-21-4-1-2-6-27(21)31)11-10-28(29)32(38-33)40-17-24-8-9-25(18-40)36-24/h1-2,4,6,12-13,22-25,30,36,42H,3,5,7-11,14-20H2/t22-,23-,24?,25?,30-,34-/m0/s1. The zero-order valence-electron chi connectivity index (χ0n) is 24.7. The number of fused-ring (bicyclic) bond motifs is 7. The molecule has 9 heteroatoms. The van der Waals surface area contributed by atoms with Gasteiger partial charge in [-0.2, -0.15) is 9.97 Å². The van der Waals surface area contributed by atoms with E-state index in [0.717, 1.165) is 60.4 Å². The minimum Gasteiger partial charge on any atom is -0.508 e. The summed E-state index contributed by atoms with van der Waals surface area (Å²) < 4.78 is 21.4. The molecule has 0 amide bonds. The number of anilines is 2. The molecule has 0 spiro atoms. The summed E-state index contributed by atoms with van der Waals surface area (Å²) >= 11 is 0. The van der Waals surface area contributed by atoms with Gasteiger partial charge >= 0.3 is 6.01 Å². The average Bonchev–Trinajstić information content (AvgIpc) is 3.75. The van der Waals surface area contributed by atoms with E-state index in [0.29, 0.717) is 56.2 Å². The summed E-state index contributed by atoms with van der Waals surface area (Å²) in [7, 11) is 0. The molecule has 5 aliphatic heterocycles. The highest BCUT2D eigenvalue weighted by Gasteiger charge is 2.58. The van der Waals surface area contributed by atoms with Gasteiger partial charge in [0.1, 0.15) is 24.3 Å². The van der Waals surface area contributed by atoms with Crippen LogP contribution in [0.25, 0.3) is 10.8 Å². The molecule has 1 aromatic heterocycles. The molecular formula is C34H41FN6O2. The predicted molar refractivity (Wildman–Crippen MR) is 165 cm³/mol. The van der Waals surface area contributed by atoms with Gasteiger partial charge in [-0.3, -0.25) is 4.90 Å². The molecule has 6 atom stereocenters. The second-order valence-electron chi connectivity index (χ2n) is 14.1. The zero-order chi connectivity index (χ0) is 28.7. The van der Waals surface area contributed by atoms with Gasteiger partial charge in [-0.05, 0) is 55.9 Å². The third-order valence-electron chi connectivity index (χ3n) is 11.4. The van der Waals surface area contributed by atoms with Crippen molar-refractivity contribution in [1.29, 1.82) is 0 Å². The molecule has 43 heavy (non-hydrogen) atoms. The molecule has 0 radical (unpaired) electrons. The van der Waals surface area contributed by atoms with Crippen molar-refractivity contribution in [2.24, 2.45) is 5.92 Å². The fourth-order valence-electron chi connectivity index (χ4n) is 9.67. The number of alkyl halides is 1. The molecule has 4 saturated heterocycles. The number of ether oxygens (including phenoxy) is 1. The van der Waals surface area contributed by atoms with Crippen LogP contribution in [0.3, 0.4) is 0 Å². The SMILES string of the molecule is Oc1cc(N2CCc3c(nc(OC[C@]45C[C@H](F)CN4[C@H]4CCC[C@H]4C5)nc3N3CC4CCC(C3)N4)C2)c2ccccc2c1. The van der Waals surface area contributed by atoms with Gasteiger partial charge in [0, 0.05) is 73.4 Å². The predicted octanol–water partition coefficient (Wildman–Crippen LogP) is 4.57. The Balaban J connectivity index is 1.06. The lowest BCUT2D eigenvalue weighted by molar-refractivity contribution is 0.0829. The van der Waals surface area contributed by atoms with Gasteiger partial charge in [-0.25, -0.2) is 4.39 Å². The Morgan fingerprint density at radius 1 is 1.00 bits per heavy atom. The number of halogens is 1. The van der Waals surface area contributed by atoms with E-state index in [9.17, 15) is 9.50 Å². The summed E-state index contributed by atoms with van der Waals surface area (Å²) in [6.07, 6.45) is 7.74. The van der Waals surface area contributed by atoms with Crippen LogP contribution in [-0.4, -0.2) is 82.6 Å². The third kappa shape index (κ3) is 4.37. The van der Waals surface area contributed by atoms with E-state index >= 15 is 0 Å². The Morgan fingerprint density at radius 3 is 2.74 bits per heavy atom. The number of nitrogens with zero attached hydrogens (tertiary/aromatic N) is 5. The largest absolute Gasteiger partial charge is 0.508 e. The van der Waals surface area contributed by atoms with Crippen LogP contribution in [0.1, 0.15) is 56.2 Å². The number of phenols is 1. The van der Waals surface area contributed by atoms with Crippen LogP contribution in [0.2, 0.25) is 0 Å². The molecule has 5 fully saturated rings. The van der Waals surface area contributed by atoms with E-state index in [1.165, 1.54) is 37.7 Å². The second-order valence-corrected chi connectivity index (χ2v) is 14.1. The van der Waals surface area contributed by atoms with E-state index in [-0.39, 0.29) is 11.3 Å². The monoisotopic (exact) mass is 584 g/mol. The van der Waals surface area contributed by atoms with Gasteiger partial charge in [0.2, 0.25) is 0 Å². The van der Waals surface area contributed by atoms with E-state index in [1.54, 1.807) is 0 Å². The molecular weight excluding hydrogens is 543 g/mol. The number of nitrogens with one attached hydrogen (secondary N) is 1. The fourth-order valence-corrected chi connectivity index (χ4v) is 9.67. The van der Waals surface area contributed by atoms with Gasteiger partial charge in [0.15, 0.2) is 0 Å². The normalized spacial score (nSPS) is 33.2. The molecule has 2 bridgehead atoms. The summed E-state index contributed by atoms with van der Waals surface area (Å²) in [5.74, 6) is 1.96. The van der Waals surface area contributed by atoms with E-state index in [1.807, 2.05) is 24.3 Å². The van der Waals surface area contributed by atoms with Gasteiger partial charge in [-0.1, -0.05) is 30.7 Å². The van der Waals surface area contributed by atoms with Crippen LogP contribution >= 0.6 is 0 Å². The van der Waals surface area contributed by atoms with Crippen LogP contribution in [0.5, 0.6) is 11.8 Å². The smallest absolute Gasteiger partial charge is 0.318 e. The van der Waals surface area contributed by atoms with Crippen LogP contribution in [0.15, 0.2) is 36.4 Å². The number of aromatic nitrogens is 2. The van der Waals surface area contributed by atoms with Crippen LogP contribution in [0.4, 0.5) is 15.9 Å². The first kappa shape index (κ1) is 26.3. The molecule has 6 heterocycles. The van der Waals surface area contributed by atoms with E-state index in [2.05, 4.69) is 32.1 Å². The maximum absolute atomic E-state index is 14.9. The molecule has 1 saturated carbocycles. The van der Waals surface area contributed by atoms with E-state index < -0.39 is 6.17 Å². The Kier molecular flexibility index (Phi) is 6.06. The molecule has 8 nitrogen and oxygen atoms in total. The van der Waals surface area contributed by atoms with Crippen LogP contribution < -0.4 is 19.9 Å². The van der Waals surface area contributed by atoms with Gasteiger partial charge in [0.25, 0.3) is 0 Å². The number of phenolic OH excluding ortho intramolecular Hbond substituents is 1. The van der Waals surface area contributed by atoms with Crippen molar-refractivity contribution in [2.45, 2.75) is 87.7 Å². The van der Waals surface area contributed by atoms with Crippen molar-refractivity contribution in [2.75, 3.05) is 42.6 Å². The second kappa shape index (κ2) is 9.92. The molecule has 226 valence electrons. The molecule has 6 aliphatic rings. The first-order valence-electron chi connectivity index (χ1n) is 16.4. The number of aromatic hydroxyl groups is 1. The summed E-state index contributed by atoms with van der Waals surface area (Å²) in [6.45, 7) is 4.34. The summed E-state index contributed by atoms with van der Waals surface area (Å²) in [5, 5.41) is 16.5. The van der Waals surface area contributed by atoms with Crippen molar-refractivity contribution in [1.82, 2.24) is 20.2 Å². The van der Waals surface area contributed by atoms with Crippen molar-refractivity contribution in [3.05, 3.63) is 47.7 Å². The Morgan fingerprint density at radius 2 is 1.86 bits per heavy atom. The van der Waals surface area contributed by atoms with Gasteiger partial charge < -0.3 is 25.0 Å². The number of hydrogen-bond donors (Lipinski definition) is 2. The third-order valence-corrected chi connectivity index (χ3v) is 11.4. The van der Waals surface area contributed by atoms with Crippen LogP contribution in [-0.2, 0) is 13.0 Å². The minimum absolute atomic E-state index is 0.241. The highest BCUT2D eigenvalue weighted by Crippen LogP contribution is 2.52. The first-order valence-corrected chi connectivity index (χ1v) is 16.4. The Hall–Kier alpha value is -3.17. The van der Waals surface area contributed by atoms with Gasteiger partial charge in [0.05, 0.1) is 17.8 Å². The quantitative estimate of drug-likeness (QED) is 0.452. The molecule has 2 N–H and O–H groups in total. The Bertz CT molecular complexity index is 1560. The lowest BCUT2D eigenvalue weighted by Crippen LogP contribution is -2.52. The lowest BCUT2D eigenvalue weighted by Gasteiger charge is -2.38. The maximum atomic E-state index is 14.9. The Labute approximate surface area is 252 Å². The highest BCUT2D eigenvalue weighted by molar-refractivity contribution is 5.95. The first-order chi connectivity index (χ1) is 21.0. The maximum Gasteiger partial charge on any atom is 0.318 e. The van der Waals surface area contributed by atoms with Gasteiger partial charge in [-0.15, -0.1) is 0 Å². The number of rotatable bonds is 5. The van der Waals surface area contributed by atoms with Crippen molar-refractivity contribution >= 4 is 22.3 Å². The average molecular weight is 585 g/mol. The van der Waals surface area contributed by atoms with Crippen molar-refractivity contribution < 1.29 is 14.2 Å². The fraction of sp³-hybridized carbons (Fsp3) is 0.588. The molecule has 9 rings (SSSR count). The number of piperazine rings is 1. The number of benzene rings is 2. The lowest BCUT2D eigenvalue weighted by atomic mass is 9.89. The minimum atomic E-state index is -0.785. The molecule has 2 aromatic carbocycles. The molecule has 3 aromatic rings. The molecule has 2 unspecified atom stereocenters. The summed E-state index contributed by atoms with van der Waals surface area (Å²) in [6, 6.07) is 13.9. The highest BCUT2D eigenvalue weighted by atomic mass is 19.1. The summed E-state index contributed by atoms with van der Waals surface area (Å²) in [5.41, 5.74) is 3.00.